The van der Waals surface area contributed by atoms with Gasteiger partial charge < -0.3 is 20.7 Å². The average molecular weight is 434 g/mol. The molecule has 1 unspecified atom stereocenters. The zero-order chi connectivity index (χ0) is 21.6. The Morgan fingerprint density at radius 1 is 1.07 bits per heavy atom. The highest BCUT2D eigenvalue weighted by molar-refractivity contribution is 5.87. The minimum atomic E-state index is -0.618. The predicted octanol–water partition coefficient (Wildman–Crippen LogP) is 3.40. The van der Waals surface area contributed by atoms with E-state index in [1.165, 1.54) is 0 Å². The molecule has 0 aliphatic carbocycles. The van der Waals surface area contributed by atoms with E-state index >= 15 is 0 Å². The molecule has 3 N–H and O–H groups in total. The molecule has 2 rings (SSSR count). The van der Waals surface area contributed by atoms with Gasteiger partial charge in [0.25, 0.3) is 0 Å². The molecule has 30 heavy (non-hydrogen) atoms. The maximum absolute atomic E-state index is 12.5. The van der Waals surface area contributed by atoms with Crippen LogP contribution in [0.15, 0.2) is 48.5 Å². The van der Waals surface area contributed by atoms with E-state index in [0.29, 0.717) is 0 Å². The van der Waals surface area contributed by atoms with Crippen molar-refractivity contribution in [2.75, 3.05) is 20.7 Å². The van der Waals surface area contributed by atoms with Gasteiger partial charge in [0.2, 0.25) is 11.8 Å². The number of para-hydroxylation sites is 1. The largest absolute Gasteiger partial charge is 0.496 e. The fourth-order valence-corrected chi connectivity index (χ4v) is 2.97. The lowest BCUT2D eigenvalue weighted by Crippen LogP contribution is -2.47. The normalized spacial score (nSPS) is 12.5. The predicted molar refractivity (Wildman–Crippen MR) is 123 cm³/mol. The van der Waals surface area contributed by atoms with E-state index in [1.807, 2.05) is 69.3 Å². The SMILES string of the molecule is COc1ccccc1-c1ccc(C(C)N(C)C(=O)CNC(=O)[C@@H](N)C(C)C)cc1.Cl. The van der Waals surface area contributed by atoms with E-state index in [1.54, 1.807) is 19.1 Å². The first-order chi connectivity index (χ1) is 13.8. The van der Waals surface area contributed by atoms with E-state index in [-0.39, 0.29) is 42.7 Å². The molecule has 0 spiro atoms. The zero-order valence-electron chi connectivity index (χ0n) is 18.2. The van der Waals surface area contributed by atoms with Gasteiger partial charge in [0, 0.05) is 12.6 Å². The number of methoxy groups -OCH3 is 1. The summed E-state index contributed by atoms with van der Waals surface area (Å²) in [6, 6.07) is 15.1. The van der Waals surface area contributed by atoms with Gasteiger partial charge in [0.05, 0.1) is 25.7 Å². The van der Waals surface area contributed by atoms with Gasteiger partial charge in [-0.15, -0.1) is 12.4 Å². The van der Waals surface area contributed by atoms with Crippen LogP contribution in [-0.4, -0.2) is 43.5 Å². The highest BCUT2D eigenvalue weighted by atomic mass is 35.5. The Hall–Kier alpha value is -2.57. The molecule has 0 aliphatic rings. The first-order valence-electron chi connectivity index (χ1n) is 9.78. The number of hydrogen-bond acceptors (Lipinski definition) is 4. The number of halogens is 1. The smallest absolute Gasteiger partial charge is 0.242 e. The van der Waals surface area contributed by atoms with Crippen molar-refractivity contribution in [2.45, 2.75) is 32.9 Å². The van der Waals surface area contributed by atoms with Gasteiger partial charge in [-0.05, 0) is 30.0 Å². The summed E-state index contributed by atoms with van der Waals surface area (Å²) in [6.07, 6.45) is 0. The van der Waals surface area contributed by atoms with Gasteiger partial charge in [0.15, 0.2) is 0 Å². The third kappa shape index (κ3) is 6.21. The number of nitrogens with one attached hydrogen (secondary N) is 1. The van der Waals surface area contributed by atoms with E-state index in [4.69, 9.17) is 10.5 Å². The molecule has 7 heteroatoms. The number of likely N-dealkylation sites (N-methyl/N-ethyl adjacent to an activating group) is 1. The standard InChI is InChI=1S/C23H31N3O3.ClH/c1-15(2)22(24)23(28)25-14-21(27)26(4)16(3)17-10-12-18(13-11-17)19-8-6-7-9-20(19)29-5;/h6-13,15-16,22H,14,24H2,1-5H3,(H,25,28);1H/t16?,22-;/m0./s1. The lowest BCUT2D eigenvalue weighted by Gasteiger charge is -2.26. The molecule has 164 valence electrons. The summed E-state index contributed by atoms with van der Waals surface area (Å²) in [5, 5.41) is 2.63. The van der Waals surface area contributed by atoms with Crippen LogP contribution in [0.25, 0.3) is 11.1 Å². The Balaban J connectivity index is 0.00000450. The lowest BCUT2D eigenvalue weighted by molar-refractivity contribution is -0.133. The summed E-state index contributed by atoms with van der Waals surface area (Å²) in [7, 11) is 3.39. The van der Waals surface area contributed by atoms with Crippen molar-refractivity contribution < 1.29 is 14.3 Å². The fraction of sp³-hybridized carbons (Fsp3) is 0.391. The minimum Gasteiger partial charge on any atom is -0.496 e. The van der Waals surface area contributed by atoms with Gasteiger partial charge >= 0.3 is 0 Å². The van der Waals surface area contributed by atoms with Crippen LogP contribution in [0.1, 0.15) is 32.4 Å². The molecule has 0 aromatic heterocycles. The second-order valence-electron chi connectivity index (χ2n) is 7.49. The molecule has 0 saturated heterocycles. The summed E-state index contributed by atoms with van der Waals surface area (Å²) in [5.41, 5.74) is 8.87. The van der Waals surface area contributed by atoms with Crippen molar-refractivity contribution in [2.24, 2.45) is 11.7 Å². The molecule has 2 atom stereocenters. The third-order valence-corrected chi connectivity index (χ3v) is 5.22. The molecule has 0 fully saturated rings. The Morgan fingerprint density at radius 3 is 2.23 bits per heavy atom. The van der Waals surface area contributed by atoms with Crippen LogP contribution < -0.4 is 15.8 Å². The lowest BCUT2D eigenvalue weighted by atomic mass is 10.00. The summed E-state index contributed by atoms with van der Waals surface area (Å²) < 4.78 is 5.43. The van der Waals surface area contributed by atoms with Crippen LogP contribution in [0.4, 0.5) is 0 Å². The van der Waals surface area contributed by atoms with Crippen molar-refractivity contribution in [3.63, 3.8) is 0 Å². The Bertz CT molecular complexity index is 840. The van der Waals surface area contributed by atoms with Crippen molar-refractivity contribution in [1.29, 1.82) is 0 Å². The number of nitrogens with zero attached hydrogens (tertiary/aromatic N) is 1. The zero-order valence-corrected chi connectivity index (χ0v) is 19.0. The van der Waals surface area contributed by atoms with Crippen molar-refractivity contribution in [3.8, 4) is 16.9 Å². The number of benzene rings is 2. The molecule has 6 nitrogen and oxygen atoms in total. The monoisotopic (exact) mass is 433 g/mol. The average Bonchev–Trinajstić information content (AvgIpc) is 2.75. The molecule has 0 saturated carbocycles. The second kappa shape index (κ2) is 11.6. The molecule has 0 aliphatic heterocycles. The summed E-state index contributed by atoms with van der Waals surface area (Å²) in [4.78, 5) is 26.1. The number of carbonyl (C=O) groups is 2. The minimum absolute atomic E-state index is 0. The molecular weight excluding hydrogens is 402 g/mol. The first kappa shape index (κ1) is 25.5. The number of amides is 2. The van der Waals surface area contributed by atoms with Crippen LogP contribution in [-0.2, 0) is 9.59 Å². The van der Waals surface area contributed by atoms with Gasteiger partial charge in [-0.1, -0.05) is 56.3 Å². The Morgan fingerprint density at radius 2 is 1.67 bits per heavy atom. The molecule has 2 aromatic rings. The van der Waals surface area contributed by atoms with E-state index in [2.05, 4.69) is 5.32 Å². The molecule has 0 heterocycles. The van der Waals surface area contributed by atoms with Crippen molar-refractivity contribution >= 4 is 24.2 Å². The molecule has 2 amide bonds. The second-order valence-corrected chi connectivity index (χ2v) is 7.49. The number of rotatable bonds is 8. The first-order valence-corrected chi connectivity index (χ1v) is 9.78. The van der Waals surface area contributed by atoms with E-state index in [9.17, 15) is 9.59 Å². The van der Waals surface area contributed by atoms with Crippen LogP contribution >= 0.6 is 12.4 Å². The number of carbonyl (C=O) groups excluding carboxylic acids is 2. The Labute approximate surface area is 185 Å². The van der Waals surface area contributed by atoms with Crippen LogP contribution in [0, 0.1) is 5.92 Å². The van der Waals surface area contributed by atoms with Crippen LogP contribution in [0.2, 0.25) is 0 Å². The number of ether oxygens (including phenoxy) is 1. The van der Waals surface area contributed by atoms with Crippen molar-refractivity contribution in [3.05, 3.63) is 54.1 Å². The van der Waals surface area contributed by atoms with Crippen LogP contribution in [0.3, 0.4) is 0 Å². The van der Waals surface area contributed by atoms with Gasteiger partial charge in [-0.2, -0.15) is 0 Å². The van der Waals surface area contributed by atoms with Crippen LogP contribution in [0.5, 0.6) is 5.75 Å². The number of nitrogens with two attached hydrogens (primary N) is 1. The molecule has 0 bridgehead atoms. The van der Waals surface area contributed by atoms with Gasteiger partial charge in [-0.25, -0.2) is 0 Å². The third-order valence-electron chi connectivity index (χ3n) is 5.22. The molecular formula is C23H32ClN3O3. The van der Waals surface area contributed by atoms with Crippen molar-refractivity contribution in [1.82, 2.24) is 10.2 Å². The van der Waals surface area contributed by atoms with E-state index < -0.39 is 6.04 Å². The summed E-state index contributed by atoms with van der Waals surface area (Å²) in [5.74, 6) is 0.352. The van der Waals surface area contributed by atoms with Gasteiger partial charge in [0.1, 0.15) is 5.75 Å². The van der Waals surface area contributed by atoms with E-state index in [0.717, 1.165) is 22.4 Å². The number of hydrogen-bond donors (Lipinski definition) is 2. The van der Waals surface area contributed by atoms with Gasteiger partial charge in [-0.3, -0.25) is 9.59 Å². The quantitative estimate of drug-likeness (QED) is 0.668. The highest BCUT2D eigenvalue weighted by Crippen LogP contribution is 2.30. The molecule has 0 radical (unpaired) electrons. The maximum atomic E-state index is 12.5. The summed E-state index contributed by atoms with van der Waals surface area (Å²) in [6.45, 7) is 5.63. The Kier molecular flexibility index (Phi) is 9.82. The maximum Gasteiger partial charge on any atom is 0.242 e. The fourth-order valence-electron chi connectivity index (χ4n) is 2.97. The topological polar surface area (TPSA) is 84.7 Å². The molecule has 2 aromatic carbocycles. The highest BCUT2D eigenvalue weighted by Gasteiger charge is 2.21. The summed E-state index contributed by atoms with van der Waals surface area (Å²) >= 11 is 0.